The molecule has 0 radical (unpaired) electrons. The molecule has 0 amide bonds. The number of ether oxygens (including phenoxy) is 3. The maximum absolute atomic E-state index is 5.63. The molecule has 1 N–H and O–H groups in total. The van der Waals surface area contributed by atoms with Gasteiger partial charge in [0.15, 0.2) is 0 Å². The number of hydrogen-bond acceptors (Lipinski definition) is 4. The molecular formula is C13H25NO3. The lowest BCUT2D eigenvalue weighted by Gasteiger charge is -2.44. The Hall–Kier alpha value is -0.160. The summed E-state index contributed by atoms with van der Waals surface area (Å²) in [4.78, 5) is 0. The molecule has 17 heavy (non-hydrogen) atoms. The van der Waals surface area contributed by atoms with Crippen molar-refractivity contribution < 1.29 is 14.2 Å². The summed E-state index contributed by atoms with van der Waals surface area (Å²) in [6.07, 6.45) is 5.52. The fraction of sp³-hybridized carbons (Fsp3) is 1.00. The molecule has 2 aliphatic carbocycles. The molecule has 0 bridgehead atoms. The van der Waals surface area contributed by atoms with E-state index in [1.54, 1.807) is 14.2 Å². The zero-order valence-corrected chi connectivity index (χ0v) is 11.1. The topological polar surface area (TPSA) is 39.7 Å². The van der Waals surface area contributed by atoms with Crippen LogP contribution in [0.4, 0.5) is 0 Å². The second kappa shape index (κ2) is 6.14. The average Bonchev–Trinajstić information content (AvgIpc) is 2.76. The molecule has 2 aliphatic rings. The number of methoxy groups -OCH3 is 2. The number of rotatable bonds is 6. The van der Waals surface area contributed by atoms with Crippen molar-refractivity contribution in [2.75, 3.05) is 20.8 Å². The molecule has 0 heterocycles. The van der Waals surface area contributed by atoms with Crippen LogP contribution in [0.1, 0.15) is 32.6 Å². The summed E-state index contributed by atoms with van der Waals surface area (Å²) in [6.45, 7) is 2.81. The molecule has 4 nitrogen and oxygen atoms in total. The Balaban J connectivity index is 1.73. The van der Waals surface area contributed by atoms with E-state index >= 15 is 0 Å². The van der Waals surface area contributed by atoms with Gasteiger partial charge in [0.2, 0.25) is 0 Å². The minimum Gasteiger partial charge on any atom is -0.381 e. The zero-order chi connectivity index (χ0) is 12.3. The van der Waals surface area contributed by atoms with E-state index < -0.39 is 0 Å². The normalized spacial score (nSPS) is 41.5. The van der Waals surface area contributed by atoms with Gasteiger partial charge in [-0.15, -0.1) is 0 Å². The van der Waals surface area contributed by atoms with Gasteiger partial charge in [-0.3, -0.25) is 0 Å². The third kappa shape index (κ3) is 2.99. The van der Waals surface area contributed by atoms with Crippen molar-refractivity contribution in [3.8, 4) is 0 Å². The van der Waals surface area contributed by atoms with E-state index in [2.05, 4.69) is 5.32 Å². The van der Waals surface area contributed by atoms with E-state index in [4.69, 9.17) is 14.2 Å². The summed E-state index contributed by atoms with van der Waals surface area (Å²) in [5.74, 6) is 0. The minimum atomic E-state index is 0.219. The third-order valence-electron chi connectivity index (χ3n) is 4.07. The van der Waals surface area contributed by atoms with Crippen molar-refractivity contribution in [2.24, 2.45) is 0 Å². The van der Waals surface area contributed by atoms with Crippen molar-refractivity contribution in [1.29, 1.82) is 0 Å². The van der Waals surface area contributed by atoms with E-state index in [1.807, 2.05) is 6.92 Å². The Morgan fingerprint density at radius 3 is 2.53 bits per heavy atom. The Bertz CT molecular complexity index is 237. The Morgan fingerprint density at radius 2 is 1.94 bits per heavy atom. The molecule has 0 saturated heterocycles. The van der Waals surface area contributed by atoms with Gasteiger partial charge in [-0.2, -0.15) is 0 Å². The Morgan fingerprint density at radius 1 is 1.12 bits per heavy atom. The fourth-order valence-corrected chi connectivity index (χ4v) is 3.05. The minimum absolute atomic E-state index is 0.219. The lowest BCUT2D eigenvalue weighted by Crippen LogP contribution is -2.61. The second-order valence-electron chi connectivity index (χ2n) is 5.07. The highest BCUT2D eigenvalue weighted by molar-refractivity contribution is 4.99. The van der Waals surface area contributed by atoms with Crippen LogP contribution in [-0.2, 0) is 14.2 Å². The van der Waals surface area contributed by atoms with E-state index in [0.717, 1.165) is 19.4 Å². The van der Waals surface area contributed by atoms with Crippen molar-refractivity contribution >= 4 is 0 Å². The first-order chi connectivity index (χ1) is 8.28. The molecule has 2 saturated carbocycles. The Labute approximate surface area is 104 Å². The largest absolute Gasteiger partial charge is 0.381 e. The maximum atomic E-state index is 5.63. The van der Waals surface area contributed by atoms with E-state index in [0.29, 0.717) is 18.2 Å². The van der Waals surface area contributed by atoms with Crippen LogP contribution in [-0.4, -0.2) is 51.2 Å². The summed E-state index contributed by atoms with van der Waals surface area (Å²) in [5, 5.41) is 3.68. The van der Waals surface area contributed by atoms with Crippen LogP contribution < -0.4 is 5.32 Å². The SMILES string of the molecule is CCOC1CC(NC2CCC(OC)C2)C1OC. The van der Waals surface area contributed by atoms with Crippen LogP contribution in [0.2, 0.25) is 0 Å². The highest BCUT2D eigenvalue weighted by atomic mass is 16.5. The van der Waals surface area contributed by atoms with E-state index in [-0.39, 0.29) is 12.2 Å². The van der Waals surface area contributed by atoms with Crippen LogP contribution in [0.15, 0.2) is 0 Å². The van der Waals surface area contributed by atoms with Crippen LogP contribution in [0.3, 0.4) is 0 Å². The molecule has 5 atom stereocenters. The smallest absolute Gasteiger partial charge is 0.0986 e. The van der Waals surface area contributed by atoms with Crippen LogP contribution in [0.25, 0.3) is 0 Å². The quantitative estimate of drug-likeness (QED) is 0.764. The van der Waals surface area contributed by atoms with Crippen molar-refractivity contribution in [2.45, 2.75) is 63.0 Å². The van der Waals surface area contributed by atoms with Crippen molar-refractivity contribution in [1.82, 2.24) is 5.32 Å². The van der Waals surface area contributed by atoms with E-state index in [1.165, 1.54) is 12.8 Å². The average molecular weight is 243 g/mol. The first kappa shape index (κ1) is 13.3. The van der Waals surface area contributed by atoms with Gasteiger partial charge in [0, 0.05) is 32.9 Å². The van der Waals surface area contributed by atoms with E-state index in [9.17, 15) is 0 Å². The van der Waals surface area contributed by atoms with Gasteiger partial charge in [-0.05, 0) is 32.6 Å². The molecule has 5 unspecified atom stereocenters. The molecular weight excluding hydrogens is 218 g/mol. The third-order valence-corrected chi connectivity index (χ3v) is 4.07. The van der Waals surface area contributed by atoms with Crippen molar-refractivity contribution in [3.63, 3.8) is 0 Å². The van der Waals surface area contributed by atoms with Gasteiger partial charge >= 0.3 is 0 Å². The molecule has 0 aromatic heterocycles. The fourth-order valence-electron chi connectivity index (χ4n) is 3.05. The molecule has 0 aromatic carbocycles. The van der Waals surface area contributed by atoms with Gasteiger partial charge in [0.1, 0.15) is 0 Å². The number of hydrogen-bond donors (Lipinski definition) is 1. The summed E-state index contributed by atoms with van der Waals surface area (Å²) in [6, 6.07) is 1.04. The van der Waals surface area contributed by atoms with Gasteiger partial charge in [-0.25, -0.2) is 0 Å². The van der Waals surface area contributed by atoms with Gasteiger partial charge in [0.25, 0.3) is 0 Å². The lowest BCUT2D eigenvalue weighted by atomic mass is 9.84. The summed E-state index contributed by atoms with van der Waals surface area (Å²) >= 11 is 0. The lowest BCUT2D eigenvalue weighted by molar-refractivity contribution is -0.133. The van der Waals surface area contributed by atoms with Gasteiger partial charge in [0.05, 0.1) is 18.3 Å². The first-order valence-electron chi connectivity index (χ1n) is 6.71. The van der Waals surface area contributed by atoms with Gasteiger partial charge in [-0.1, -0.05) is 0 Å². The maximum Gasteiger partial charge on any atom is 0.0986 e. The molecule has 0 aliphatic heterocycles. The Kier molecular flexibility index (Phi) is 4.79. The zero-order valence-electron chi connectivity index (χ0n) is 11.1. The highest BCUT2D eigenvalue weighted by Gasteiger charge is 2.43. The first-order valence-corrected chi connectivity index (χ1v) is 6.71. The number of nitrogens with one attached hydrogen (secondary N) is 1. The molecule has 100 valence electrons. The monoisotopic (exact) mass is 243 g/mol. The molecule has 0 aromatic rings. The predicted molar refractivity (Wildman–Crippen MR) is 66.2 cm³/mol. The highest BCUT2D eigenvalue weighted by Crippen LogP contribution is 2.30. The van der Waals surface area contributed by atoms with Gasteiger partial charge < -0.3 is 19.5 Å². The van der Waals surface area contributed by atoms with Crippen LogP contribution in [0.5, 0.6) is 0 Å². The van der Waals surface area contributed by atoms with Crippen LogP contribution in [0, 0.1) is 0 Å². The summed E-state index contributed by atoms with van der Waals surface area (Å²) < 4.78 is 16.5. The summed E-state index contributed by atoms with van der Waals surface area (Å²) in [5.41, 5.74) is 0. The second-order valence-corrected chi connectivity index (χ2v) is 5.07. The predicted octanol–water partition coefficient (Wildman–Crippen LogP) is 1.34. The molecule has 4 heteroatoms. The molecule has 2 fully saturated rings. The molecule has 0 spiro atoms. The summed E-state index contributed by atoms with van der Waals surface area (Å²) in [7, 11) is 3.58. The standard InChI is InChI=1S/C13H25NO3/c1-4-17-12-8-11(13(12)16-3)14-9-5-6-10(7-9)15-2/h9-14H,4-8H2,1-3H3. The molecule has 2 rings (SSSR count). The van der Waals surface area contributed by atoms with Crippen molar-refractivity contribution in [3.05, 3.63) is 0 Å². The van der Waals surface area contributed by atoms with Crippen LogP contribution >= 0.6 is 0 Å².